The van der Waals surface area contributed by atoms with Crippen LogP contribution in [0.25, 0.3) is 0 Å². The lowest BCUT2D eigenvalue weighted by atomic mass is 9.93. The van der Waals surface area contributed by atoms with Crippen LogP contribution in [-0.4, -0.2) is 11.7 Å². The van der Waals surface area contributed by atoms with Gasteiger partial charge in [0, 0.05) is 0 Å². The lowest BCUT2D eigenvalue weighted by Gasteiger charge is -2.23. The molecule has 84 valence electrons. The van der Waals surface area contributed by atoms with E-state index in [9.17, 15) is 13.2 Å². The van der Waals surface area contributed by atoms with Crippen molar-refractivity contribution in [3.8, 4) is 0 Å². The zero-order valence-electron chi connectivity index (χ0n) is 8.17. The Balaban J connectivity index is 3.14. The minimum Gasteiger partial charge on any atom is -0.394 e. The summed E-state index contributed by atoms with van der Waals surface area (Å²) in [5.74, 6) is 0. The van der Waals surface area contributed by atoms with Crippen LogP contribution in [0.3, 0.4) is 0 Å². The second-order valence-corrected chi connectivity index (χ2v) is 3.65. The van der Waals surface area contributed by atoms with E-state index < -0.39 is 23.9 Å². The molecule has 0 bridgehead atoms. The van der Waals surface area contributed by atoms with Gasteiger partial charge < -0.3 is 10.8 Å². The minimum absolute atomic E-state index is 0.264. The van der Waals surface area contributed by atoms with Crippen molar-refractivity contribution in [1.82, 2.24) is 0 Å². The molecule has 2 nitrogen and oxygen atoms in total. The van der Waals surface area contributed by atoms with E-state index in [1.807, 2.05) is 0 Å². The third-order valence-corrected chi connectivity index (χ3v) is 2.18. The molecule has 1 aromatic carbocycles. The van der Waals surface area contributed by atoms with Crippen LogP contribution in [0.1, 0.15) is 18.1 Å². The Morgan fingerprint density at radius 3 is 2.27 bits per heavy atom. The number of aliphatic hydroxyl groups excluding tert-OH is 1. The van der Waals surface area contributed by atoms with Crippen molar-refractivity contribution in [3.05, 3.63) is 35.4 Å². The SMILES string of the molecule is CC(N)(CO)c1cccc(C(F)(F)F)c1. The first-order valence-electron chi connectivity index (χ1n) is 4.35. The summed E-state index contributed by atoms with van der Waals surface area (Å²) < 4.78 is 37.1. The second kappa shape index (κ2) is 3.83. The largest absolute Gasteiger partial charge is 0.416 e. The Hall–Kier alpha value is -1.07. The average molecular weight is 219 g/mol. The predicted molar refractivity (Wildman–Crippen MR) is 50.1 cm³/mol. The summed E-state index contributed by atoms with van der Waals surface area (Å²) in [6.07, 6.45) is -4.39. The van der Waals surface area contributed by atoms with Crippen molar-refractivity contribution >= 4 is 0 Å². The molecule has 1 rings (SSSR count). The highest BCUT2D eigenvalue weighted by Crippen LogP contribution is 2.31. The zero-order valence-corrected chi connectivity index (χ0v) is 8.17. The molecule has 1 atom stereocenters. The van der Waals surface area contributed by atoms with Crippen molar-refractivity contribution in [1.29, 1.82) is 0 Å². The molecule has 0 aromatic heterocycles. The topological polar surface area (TPSA) is 46.2 Å². The quantitative estimate of drug-likeness (QED) is 0.797. The molecule has 0 radical (unpaired) electrons. The van der Waals surface area contributed by atoms with Crippen molar-refractivity contribution < 1.29 is 18.3 Å². The molecule has 1 unspecified atom stereocenters. The van der Waals surface area contributed by atoms with Crippen molar-refractivity contribution in [2.45, 2.75) is 18.6 Å². The fourth-order valence-electron chi connectivity index (χ4n) is 1.14. The molecule has 0 amide bonds. The van der Waals surface area contributed by atoms with Gasteiger partial charge in [-0.2, -0.15) is 13.2 Å². The van der Waals surface area contributed by atoms with E-state index in [0.29, 0.717) is 0 Å². The van der Waals surface area contributed by atoms with E-state index >= 15 is 0 Å². The summed E-state index contributed by atoms with van der Waals surface area (Å²) in [5.41, 5.74) is 3.99. The maximum absolute atomic E-state index is 12.4. The number of nitrogens with two attached hydrogens (primary N) is 1. The number of alkyl halides is 3. The van der Waals surface area contributed by atoms with Gasteiger partial charge in [0.1, 0.15) is 0 Å². The highest BCUT2D eigenvalue weighted by Gasteiger charge is 2.32. The molecule has 5 heteroatoms. The number of hydrogen-bond donors (Lipinski definition) is 2. The van der Waals surface area contributed by atoms with Crippen LogP contribution in [0.15, 0.2) is 24.3 Å². The van der Waals surface area contributed by atoms with Crippen LogP contribution in [0.4, 0.5) is 13.2 Å². The van der Waals surface area contributed by atoms with Crippen LogP contribution in [0.2, 0.25) is 0 Å². The molecule has 0 heterocycles. The molecule has 0 spiro atoms. The van der Waals surface area contributed by atoms with E-state index in [0.717, 1.165) is 12.1 Å². The molecule has 0 aliphatic heterocycles. The number of benzene rings is 1. The van der Waals surface area contributed by atoms with E-state index in [4.69, 9.17) is 10.8 Å². The molecule has 1 aromatic rings. The van der Waals surface area contributed by atoms with E-state index in [2.05, 4.69) is 0 Å². The summed E-state index contributed by atoms with van der Waals surface area (Å²) in [5, 5.41) is 8.93. The highest BCUT2D eigenvalue weighted by molar-refractivity contribution is 5.30. The average Bonchev–Trinajstić information content (AvgIpc) is 2.17. The summed E-state index contributed by atoms with van der Waals surface area (Å²) in [6, 6.07) is 4.66. The van der Waals surface area contributed by atoms with Gasteiger partial charge in [0.25, 0.3) is 0 Å². The highest BCUT2D eigenvalue weighted by atomic mass is 19.4. The van der Waals surface area contributed by atoms with Gasteiger partial charge in [0.2, 0.25) is 0 Å². The van der Waals surface area contributed by atoms with Gasteiger partial charge in [-0.3, -0.25) is 0 Å². The number of aliphatic hydroxyl groups is 1. The summed E-state index contributed by atoms with van der Waals surface area (Å²) in [4.78, 5) is 0. The molecule has 15 heavy (non-hydrogen) atoms. The number of hydrogen-bond acceptors (Lipinski definition) is 2. The van der Waals surface area contributed by atoms with E-state index in [-0.39, 0.29) is 5.56 Å². The zero-order chi connectivity index (χ0) is 11.7. The summed E-state index contributed by atoms with van der Waals surface area (Å²) >= 11 is 0. The van der Waals surface area contributed by atoms with Gasteiger partial charge in [-0.15, -0.1) is 0 Å². The first-order valence-corrected chi connectivity index (χ1v) is 4.35. The lowest BCUT2D eigenvalue weighted by molar-refractivity contribution is -0.137. The Kier molecular flexibility index (Phi) is 3.06. The molecule has 0 aliphatic carbocycles. The molecule has 0 aliphatic rings. The van der Waals surface area contributed by atoms with E-state index in [1.165, 1.54) is 19.1 Å². The van der Waals surface area contributed by atoms with Crippen molar-refractivity contribution in [2.75, 3.05) is 6.61 Å². The predicted octanol–water partition coefficient (Wildman–Crippen LogP) is 1.87. The molecule has 0 fully saturated rings. The molecule has 0 saturated heterocycles. The monoisotopic (exact) mass is 219 g/mol. The Morgan fingerprint density at radius 2 is 1.80 bits per heavy atom. The molecular weight excluding hydrogens is 207 g/mol. The Bertz CT molecular complexity index is 347. The maximum Gasteiger partial charge on any atom is 0.416 e. The van der Waals surface area contributed by atoms with Crippen LogP contribution >= 0.6 is 0 Å². The van der Waals surface area contributed by atoms with E-state index in [1.54, 1.807) is 0 Å². The number of rotatable bonds is 2. The van der Waals surface area contributed by atoms with Gasteiger partial charge in [0.05, 0.1) is 17.7 Å². The van der Waals surface area contributed by atoms with Crippen LogP contribution in [0.5, 0.6) is 0 Å². The molecule has 3 N–H and O–H groups in total. The fourth-order valence-corrected chi connectivity index (χ4v) is 1.14. The molecule has 0 saturated carbocycles. The first kappa shape index (κ1) is 12.0. The van der Waals surface area contributed by atoms with Crippen LogP contribution in [-0.2, 0) is 11.7 Å². The second-order valence-electron chi connectivity index (χ2n) is 3.65. The van der Waals surface area contributed by atoms with Gasteiger partial charge in [-0.25, -0.2) is 0 Å². The smallest absolute Gasteiger partial charge is 0.394 e. The van der Waals surface area contributed by atoms with Gasteiger partial charge in [-0.1, -0.05) is 12.1 Å². The normalized spacial score (nSPS) is 16.1. The Labute approximate surface area is 85.5 Å². The Morgan fingerprint density at radius 1 is 1.27 bits per heavy atom. The summed E-state index contributed by atoms with van der Waals surface area (Å²) in [7, 11) is 0. The lowest BCUT2D eigenvalue weighted by Crippen LogP contribution is -2.37. The van der Waals surface area contributed by atoms with Gasteiger partial charge >= 0.3 is 6.18 Å². The fraction of sp³-hybridized carbons (Fsp3) is 0.400. The van der Waals surface area contributed by atoms with Crippen LogP contribution < -0.4 is 5.73 Å². The number of halogens is 3. The third-order valence-electron chi connectivity index (χ3n) is 2.18. The van der Waals surface area contributed by atoms with Crippen molar-refractivity contribution in [3.63, 3.8) is 0 Å². The van der Waals surface area contributed by atoms with Crippen LogP contribution in [0, 0.1) is 0 Å². The van der Waals surface area contributed by atoms with Crippen molar-refractivity contribution in [2.24, 2.45) is 5.73 Å². The van der Waals surface area contributed by atoms with Gasteiger partial charge in [-0.05, 0) is 24.6 Å². The molecular formula is C10H12F3NO. The maximum atomic E-state index is 12.4. The summed E-state index contributed by atoms with van der Waals surface area (Å²) in [6.45, 7) is 1.07. The minimum atomic E-state index is -4.39. The third kappa shape index (κ3) is 2.70. The van der Waals surface area contributed by atoms with Gasteiger partial charge in [0.15, 0.2) is 0 Å². The standard InChI is InChI=1S/C10H12F3NO/c1-9(14,6-15)7-3-2-4-8(5-7)10(11,12)13/h2-5,15H,6,14H2,1H3. The first-order chi connectivity index (χ1) is 6.77.